The summed E-state index contributed by atoms with van der Waals surface area (Å²) in [5.74, 6) is 0.593. The van der Waals surface area contributed by atoms with Gasteiger partial charge in [-0.1, -0.05) is 23.9 Å². The zero-order valence-corrected chi connectivity index (χ0v) is 13.5. The standard InChI is InChI=1S/C13H19N3O3S2/c1-15-13(14)20-10-11-3-2-4-12(9-11)21(17,18)16-5-7-19-8-6-16/h2-4,9H,5-8,10H2,1H3,(H2,14,15). The topological polar surface area (TPSA) is 85.0 Å². The molecule has 8 heteroatoms. The molecule has 1 aromatic carbocycles. The molecule has 1 aliphatic rings. The Bertz CT molecular complexity index is 611. The van der Waals surface area contributed by atoms with Gasteiger partial charge in [0.1, 0.15) is 0 Å². The second-order valence-corrected chi connectivity index (χ2v) is 7.45. The lowest BCUT2D eigenvalue weighted by Gasteiger charge is -2.26. The van der Waals surface area contributed by atoms with Gasteiger partial charge in [0.25, 0.3) is 0 Å². The smallest absolute Gasteiger partial charge is 0.243 e. The Morgan fingerprint density at radius 1 is 1.43 bits per heavy atom. The van der Waals surface area contributed by atoms with Gasteiger partial charge in [0.05, 0.1) is 18.1 Å². The largest absolute Gasteiger partial charge is 0.379 e. The van der Waals surface area contributed by atoms with Crippen LogP contribution in [-0.2, 0) is 20.5 Å². The Labute approximate surface area is 129 Å². The Balaban J connectivity index is 2.15. The number of rotatable bonds is 4. The third-order valence-corrected chi connectivity index (χ3v) is 5.96. The summed E-state index contributed by atoms with van der Waals surface area (Å²) in [7, 11) is -1.82. The number of nitrogens with two attached hydrogens (primary N) is 1. The number of hydrogen-bond acceptors (Lipinski definition) is 5. The molecule has 6 nitrogen and oxygen atoms in total. The van der Waals surface area contributed by atoms with Gasteiger partial charge in [0.2, 0.25) is 10.0 Å². The van der Waals surface area contributed by atoms with E-state index >= 15 is 0 Å². The molecule has 1 aliphatic heterocycles. The Kier molecular flexibility index (Phi) is 5.63. The van der Waals surface area contributed by atoms with Crippen LogP contribution in [0.25, 0.3) is 0 Å². The van der Waals surface area contributed by atoms with Gasteiger partial charge in [-0.2, -0.15) is 4.31 Å². The van der Waals surface area contributed by atoms with Crippen molar-refractivity contribution in [3.8, 4) is 0 Å². The maximum Gasteiger partial charge on any atom is 0.243 e. The highest BCUT2D eigenvalue weighted by Crippen LogP contribution is 2.20. The Morgan fingerprint density at radius 2 is 2.14 bits per heavy atom. The molecule has 0 radical (unpaired) electrons. The van der Waals surface area contributed by atoms with E-state index < -0.39 is 10.0 Å². The first kappa shape index (κ1) is 16.3. The number of benzene rings is 1. The average Bonchev–Trinajstić information content (AvgIpc) is 2.53. The van der Waals surface area contributed by atoms with E-state index in [4.69, 9.17) is 10.5 Å². The summed E-state index contributed by atoms with van der Waals surface area (Å²) in [6, 6.07) is 6.95. The summed E-state index contributed by atoms with van der Waals surface area (Å²) < 4.78 is 31.8. The minimum atomic E-state index is -3.45. The molecule has 0 spiro atoms. The minimum Gasteiger partial charge on any atom is -0.379 e. The lowest BCUT2D eigenvalue weighted by Crippen LogP contribution is -2.40. The molecule has 1 heterocycles. The zero-order valence-electron chi connectivity index (χ0n) is 11.9. The first-order valence-electron chi connectivity index (χ1n) is 6.56. The molecular weight excluding hydrogens is 310 g/mol. The van der Waals surface area contributed by atoms with Crippen LogP contribution in [0.1, 0.15) is 5.56 Å². The van der Waals surface area contributed by atoms with Crippen molar-refractivity contribution >= 4 is 27.0 Å². The quantitative estimate of drug-likeness (QED) is 0.655. The highest BCUT2D eigenvalue weighted by Gasteiger charge is 2.26. The van der Waals surface area contributed by atoms with E-state index in [-0.39, 0.29) is 0 Å². The van der Waals surface area contributed by atoms with Crippen molar-refractivity contribution in [2.75, 3.05) is 33.4 Å². The lowest BCUT2D eigenvalue weighted by molar-refractivity contribution is 0.0730. The summed E-state index contributed by atoms with van der Waals surface area (Å²) in [6.07, 6.45) is 0. The number of sulfonamides is 1. The minimum absolute atomic E-state index is 0.314. The Hall–Kier alpha value is -1.09. The number of nitrogens with zero attached hydrogens (tertiary/aromatic N) is 2. The number of thioether (sulfide) groups is 1. The molecular formula is C13H19N3O3S2. The second kappa shape index (κ2) is 7.26. The van der Waals surface area contributed by atoms with E-state index in [1.165, 1.54) is 16.1 Å². The van der Waals surface area contributed by atoms with Crippen molar-refractivity contribution in [3.05, 3.63) is 29.8 Å². The summed E-state index contributed by atoms with van der Waals surface area (Å²) in [5, 5.41) is 0.483. The average molecular weight is 329 g/mol. The van der Waals surface area contributed by atoms with E-state index in [0.717, 1.165) is 5.56 Å². The number of hydrogen-bond donors (Lipinski definition) is 1. The predicted octanol–water partition coefficient (Wildman–Crippen LogP) is 0.885. The summed E-state index contributed by atoms with van der Waals surface area (Å²) >= 11 is 1.38. The van der Waals surface area contributed by atoms with Gasteiger partial charge in [-0.05, 0) is 17.7 Å². The highest BCUT2D eigenvalue weighted by atomic mass is 32.2. The van der Waals surface area contributed by atoms with Crippen LogP contribution in [-0.4, -0.2) is 51.2 Å². The molecule has 21 heavy (non-hydrogen) atoms. The van der Waals surface area contributed by atoms with Gasteiger partial charge >= 0.3 is 0 Å². The van der Waals surface area contributed by atoms with Crippen molar-refractivity contribution in [2.24, 2.45) is 10.7 Å². The van der Waals surface area contributed by atoms with Crippen LogP contribution in [0.3, 0.4) is 0 Å². The molecule has 0 aliphatic carbocycles. The van der Waals surface area contributed by atoms with Crippen LogP contribution < -0.4 is 5.73 Å². The van der Waals surface area contributed by atoms with Crippen LogP contribution in [0.5, 0.6) is 0 Å². The van der Waals surface area contributed by atoms with Gasteiger partial charge < -0.3 is 10.5 Å². The van der Waals surface area contributed by atoms with Crippen molar-refractivity contribution in [2.45, 2.75) is 10.6 Å². The zero-order chi connectivity index (χ0) is 15.3. The number of aliphatic imine (C=N–C) groups is 1. The fraction of sp³-hybridized carbons (Fsp3) is 0.462. The SMILES string of the molecule is CN=C(N)SCc1cccc(S(=O)(=O)N2CCOCC2)c1. The predicted molar refractivity (Wildman–Crippen MR) is 84.9 cm³/mol. The van der Waals surface area contributed by atoms with E-state index in [0.29, 0.717) is 42.1 Å². The van der Waals surface area contributed by atoms with Gasteiger partial charge in [-0.3, -0.25) is 4.99 Å². The maximum absolute atomic E-state index is 12.5. The van der Waals surface area contributed by atoms with Crippen LogP contribution in [0.2, 0.25) is 0 Å². The third-order valence-electron chi connectivity index (χ3n) is 3.11. The molecule has 0 saturated carbocycles. The van der Waals surface area contributed by atoms with Crippen LogP contribution in [0.15, 0.2) is 34.2 Å². The first-order valence-corrected chi connectivity index (χ1v) is 8.98. The van der Waals surface area contributed by atoms with E-state index in [9.17, 15) is 8.42 Å². The van der Waals surface area contributed by atoms with Crippen molar-refractivity contribution in [1.29, 1.82) is 0 Å². The van der Waals surface area contributed by atoms with Gasteiger partial charge in [0.15, 0.2) is 5.17 Å². The molecule has 0 unspecified atom stereocenters. The second-order valence-electron chi connectivity index (χ2n) is 4.51. The molecule has 0 aromatic heterocycles. The normalized spacial score (nSPS) is 17.9. The third kappa shape index (κ3) is 4.19. The number of ether oxygens (including phenoxy) is 1. The van der Waals surface area contributed by atoms with Crippen LogP contribution >= 0.6 is 11.8 Å². The van der Waals surface area contributed by atoms with Crippen LogP contribution in [0, 0.1) is 0 Å². The van der Waals surface area contributed by atoms with Gasteiger partial charge in [0, 0.05) is 25.9 Å². The van der Waals surface area contributed by atoms with Gasteiger partial charge in [-0.15, -0.1) is 0 Å². The summed E-state index contributed by atoms with van der Waals surface area (Å²) in [5.41, 5.74) is 6.54. The molecule has 0 amide bonds. The lowest BCUT2D eigenvalue weighted by atomic mass is 10.2. The molecule has 0 bridgehead atoms. The van der Waals surface area contributed by atoms with E-state index in [1.54, 1.807) is 25.2 Å². The number of amidine groups is 1. The molecule has 116 valence electrons. The molecule has 2 N–H and O–H groups in total. The molecule has 0 atom stereocenters. The van der Waals surface area contributed by atoms with Crippen molar-refractivity contribution in [1.82, 2.24) is 4.31 Å². The van der Waals surface area contributed by atoms with Crippen molar-refractivity contribution in [3.63, 3.8) is 0 Å². The highest BCUT2D eigenvalue weighted by molar-refractivity contribution is 8.13. The first-order chi connectivity index (χ1) is 10.0. The fourth-order valence-corrected chi connectivity index (χ4v) is 4.06. The maximum atomic E-state index is 12.5. The molecule has 2 rings (SSSR count). The van der Waals surface area contributed by atoms with E-state index in [1.807, 2.05) is 6.07 Å². The number of morpholine rings is 1. The van der Waals surface area contributed by atoms with E-state index in [2.05, 4.69) is 4.99 Å². The monoisotopic (exact) mass is 329 g/mol. The molecule has 1 fully saturated rings. The Morgan fingerprint density at radius 3 is 2.81 bits per heavy atom. The fourth-order valence-electron chi connectivity index (χ4n) is 1.95. The van der Waals surface area contributed by atoms with Gasteiger partial charge in [-0.25, -0.2) is 8.42 Å². The summed E-state index contributed by atoms with van der Waals surface area (Å²) in [6.45, 7) is 1.68. The summed E-state index contributed by atoms with van der Waals surface area (Å²) in [4.78, 5) is 4.18. The molecule has 1 aromatic rings. The van der Waals surface area contributed by atoms with Crippen molar-refractivity contribution < 1.29 is 13.2 Å². The van der Waals surface area contributed by atoms with Crippen LogP contribution in [0.4, 0.5) is 0 Å². The molecule has 1 saturated heterocycles.